The highest BCUT2D eigenvalue weighted by atomic mass is 32.2. The van der Waals surface area contributed by atoms with E-state index in [9.17, 15) is 8.42 Å². The van der Waals surface area contributed by atoms with Crippen molar-refractivity contribution in [2.45, 2.75) is 93.2 Å². The molecule has 4 fully saturated rings. The third-order valence-corrected chi connectivity index (χ3v) is 10.4. The van der Waals surface area contributed by atoms with Crippen LogP contribution in [0, 0.1) is 11.8 Å². The minimum Gasteiger partial charge on any atom is -0.495 e. The normalized spacial score (nSPS) is 26.2. The van der Waals surface area contributed by atoms with Crippen LogP contribution >= 0.6 is 0 Å². The number of aromatic nitrogens is 1. The maximum Gasteiger partial charge on any atom is 0.175 e. The molecule has 44 heavy (non-hydrogen) atoms. The Morgan fingerprint density at radius 2 is 1.91 bits per heavy atom. The van der Waals surface area contributed by atoms with Gasteiger partial charge in [-0.2, -0.15) is 0 Å². The quantitative estimate of drug-likeness (QED) is 0.326. The van der Waals surface area contributed by atoms with Crippen molar-refractivity contribution in [1.82, 2.24) is 14.8 Å². The van der Waals surface area contributed by atoms with Crippen LogP contribution in [0.5, 0.6) is 5.75 Å². The van der Waals surface area contributed by atoms with Crippen molar-refractivity contribution in [2.75, 3.05) is 38.3 Å². The standard InChI is InChI=1S/C33H44BFN4O4S/c1-33(34,35)21-39-24(6-5-15-36-30-14-13-27(44(3,40)41)18-32(30)42-2)16-28-29(7-4-8-31(28)39)37-22-9-11-23(12-10-22)38-19-25-17-26(20-38)43-25/h8,13-14,16,18,22-23,25-26,36-37H,4,7,9-12,15,17,19-21,34H2,1-3H3. The van der Waals surface area contributed by atoms with Gasteiger partial charge in [-0.3, -0.25) is 9.29 Å². The van der Waals surface area contributed by atoms with Gasteiger partial charge in [0, 0.05) is 66.7 Å². The molecular weight excluding hydrogens is 578 g/mol. The summed E-state index contributed by atoms with van der Waals surface area (Å²) in [7, 11) is -0.234. The fraction of sp³-hybridized carbons (Fsp3) is 0.576. The fourth-order valence-corrected chi connectivity index (χ4v) is 7.79. The number of sulfone groups is 1. The fourth-order valence-electron chi connectivity index (χ4n) is 7.15. The maximum absolute atomic E-state index is 15.0. The summed E-state index contributed by atoms with van der Waals surface area (Å²) in [5.41, 5.74) is 1.29. The summed E-state index contributed by atoms with van der Waals surface area (Å²) < 4.78 is 52.1. The number of benzene rings is 1. The van der Waals surface area contributed by atoms with E-state index in [1.165, 1.54) is 44.4 Å². The molecule has 3 unspecified atom stereocenters. The minimum absolute atomic E-state index is 0.196. The number of nitrogens with one attached hydrogen (secondary N) is 2. The Bertz CT molecular complexity index is 1670. The van der Waals surface area contributed by atoms with Gasteiger partial charge in [0.05, 0.1) is 47.7 Å². The predicted octanol–water partition coefficient (Wildman–Crippen LogP) is 1.74. The van der Waals surface area contributed by atoms with E-state index < -0.39 is 15.4 Å². The molecule has 3 saturated heterocycles. The molecule has 3 aliphatic heterocycles. The number of fused-ring (bicyclic) bond motifs is 3. The molecule has 0 spiro atoms. The Labute approximate surface area is 261 Å². The molecule has 2 bridgehead atoms. The predicted molar refractivity (Wildman–Crippen MR) is 174 cm³/mol. The molecule has 2 aromatic rings. The highest BCUT2D eigenvalue weighted by Gasteiger charge is 2.41. The van der Waals surface area contributed by atoms with Crippen molar-refractivity contribution < 1.29 is 22.3 Å². The number of nitrogens with zero attached hydrogens (tertiary/aromatic N) is 2. The average molecular weight is 623 g/mol. The number of hydrogen-bond donors (Lipinski definition) is 2. The highest BCUT2D eigenvalue weighted by molar-refractivity contribution is 7.90. The topological polar surface area (TPSA) is 84.8 Å². The zero-order chi connectivity index (χ0) is 31.1. The second kappa shape index (κ2) is 12.5. The number of rotatable bonds is 9. The van der Waals surface area contributed by atoms with Crippen molar-refractivity contribution in [1.29, 1.82) is 0 Å². The Hall–Kier alpha value is -2.94. The van der Waals surface area contributed by atoms with Crippen LogP contribution in [0.2, 0.25) is 0 Å². The van der Waals surface area contributed by atoms with Gasteiger partial charge in [0.1, 0.15) is 5.75 Å². The Morgan fingerprint density at radius 1 is 1.18 bits per heavy atom. The van der Waals surface area contributed by atoms with Crippen LogP contribution in [0.3, 0.4) is 0 Å². The molecule has 236 valence electrons. The number of ether oxygens (including phenoxy) is 2. The lowest BCUT2D eigenvalue weighted by Gasteiger charge is -2.50. The molecule has 1 saturated carbocycles. The van der Waals surface area contributed by atoms with Gasteiger partial charge in [0.25, 0.3) is 0 Å². The number of methoxy groups -OCH3 is 1. The molecule has 0 radical (unpaired) electrons. The molecule has 0 amide bonds. The number of halogens is 1. The van der Waals surface area contributed by atoms with Gasteiger partial charge in [0.2, 0.25) is 0 Å². The Morgan fingerprint density at radius 3 is 2.57 bits per heavy atom. The summed E-state index contributed by atoms with van der Waals surface area (Å²) in [5.74, 6) is 6.90. The molecule has 3 atom stereocenters. The zero-order valence-corrected chi connectivity index (χ0v) is 27.1. The van der Waals surface area contributed by atoms with E-state index in [4.69, 9.17) is 9.47 Å². The Balaban J connectivity index is 1.18. The van der Waals surface area contributed by atoms with Gasteiger partial charge >= 0.3 is 0 Å². The first-order valence-corrected chi connectivity index (χ1v) is 17.7. The summed E-state index contributed by atoms with van der Waals surface area (Å²) in [4.78, 5) is 2.86. The van der Waals surface area contributed by atoms with Crippen LogP contribution in [0.4, 0.5) is 10.1 Å². The van der Waals surface area contributed by atoms with Gasteiger partial charge in [0.15, 0.2) is 17.7 Å². The third kappa shape index (κ3) is 6.98. The SMILES string of the molecule is BC(C)(F)Cn1c(C#CCNc2ccc(S(C)(=O)=O)cc2OC)cc2c1=CCCC=2NC1CCC(N2CC3CC(C2)O3)CC1. The lowest BCUT2D eigenvalue weighted by molar-refractivity contribution is -0.189. The first-order chi connectivity index (χ1) is 21.0. The summed E-state index contributed by atoms with van der Waals surface area (Å²) in [5, 5.41) is 9.30. The van der Waals surface area contributed by atoms with Crippen LogP contribution in [0.25, 0.3) is 11.8 Å². The molecule has 5 aliphatic rings. The lowest BCUT2D eigenvalue weighted by Crippen LogP contribution is -2.60. The van der Waals surface area contributed by atoms with E-state index in [0.717, 1.165) is 55.0 Å². The van der Waals surface area contributed by atoms with Crippen molar-refractivity contribution in [3.8, 4) is 17.6 Å². The van der Waals surface area contributed by atoms with Crippen molar-refractivity contribution >= 4 is 35.1 Å². The van der Waals surface area contributed by atoms with Gasteiger partial charge < -0.3 is 24.7 Å². The van der Waals surface area contributed by atoms with E-state index in [1.54, 1.807) is 26.9 Å². The van der Waals surface area contributed by atoms with E-state index in [2.05, 4.69) is 39.5 Å². The molecule has 2 N–H and O–H groups in total. The van der Waals surface area contributed by atoms with Crippen LogP contribution in [-0.4, -0.2) is 88.6 Å². The van der Waals surface area contributed by atoms with Crippen molar-refractivity contribution in [3.05, 3.63) is 40.5 Å². The Kier molecular flexibility index (Phi) is 8.79. The van der Waals surface area contributed by atoms with E-state index in [-0.39, 0.29) is 11.4 Å². The average Bonchev–Trinajstić information content (AvgIpc) is 3.31. The van der Waals surface area contributed by atoms with Crippen LogP contribution in [0.15, 0.2) is 29.2 Å². The smallest absolute Gasteiger partial charge is 0.175 e. The van der Waals surface area contributed by atoms with Gasteiger partial charge in [-0.05, 0) is 69.6 Å². The van der Waals surface area contributed by atoms with Crippen LogP contribution in [0.1, 0.15) is 57.6 Å². The van der Waals surface area contributed by atoms with Crippen molar-refractivity contribution in [2.24, 2.45) is 0 Å². The number of hydrogen-bond acceptors (Lipinski definition) is 7. The largest absolute Gasteiger partial charge is 0.495 e. The number of piperidine rings is 1. The number of alkyl halides is 1. The molecule has 1 aromatic heterocycles. The summed E-state index contributed by atoms with van der Waals surface area (Å²) >= 11 is 0. The maximum atomic E-state index is 15.0. The highest BCUT2D eigenvalue weighted by Crippen LogP contribution is 2.33. The molecule has 7 rings (SSSR count). The van der Waals surface area contributed by atoms with Crippen LogP contribution in [-0.2, 0) is 21.1 Å². The third-order valence-electron chi connectivity index (χ3n) is 9.29. The monoisotopic (exact) mass is 622 g/mol. The minimum atomic E-state index is -3.34. The molecule has 1 aromatic carbocycles. The molecule has 4 heterocycles. The van der Waals surface area contributed by atoms with Gasteiger partial charge in [-0.1, -0.05) is 12.0 Å². The van der Waals surface area contributed by atoms with E-state index in [1.807, 2.05) is 4.57 Å². The second-order valence-corrected chi connectivity index (χ2v) is 15.4. The molecular formula is C33H44BFN4O4S. The summed E-state index contributed by atoms with van der Waals surface area (Å²) in [6, 6.07) is 7.97. The van der Waals surface area contributed by atoms with E-state index in [0.29, 0.717) is 42.3 Å². The van der Waals surface area contributed by atoms with Gasteiger partial charge in [-0.25, -0.2) is 8.42 Å². The van der Waals surface area contributed by atoms with Crippen molar-refractivity contribution in [3.63, 3.8) is 0 Å². The van der Waals surface area contributed by atoms with E-state index >= 15 is 4.39 Å². The number of anilines is 1. The molecule has 11 heteroatoms. The summed E-state index contributed by atoms with van der Waals surface area (Å²) in [6.45, 7) is 4.33. The second-order valence-electron chi connectivity index (χ2n) is 13.4. The molecule has 2 aliphatic carbocycles. The summed E-state index contributed by atoms with van der Waals surface area (Å²) in [6.07, 6.45) is 12.1. The first kappa shape index (κ1) is 31.1. The number of morpholine rings is 1. The first-order valence-electron chi connectivity index (χ1n) is 15.9. The zero-order valence-electron chi connectivity index (χ0n) is 26.3. The molecule has 8 nitrogen and oxygen atoms in total. The lowest BCUT2D eigenvalue weighted by atomic mass is 9.85. The van der Waals surface area contributed by atoms with Crippen LogP contribution < -0.4 is 25.9 Å². The van der Waals surface area contributed by atoms with Gasteiger partial charge in [-0.15, -0.1) is 0 Å².